The van der Waals surface area contributed by atoms with Gasteiger partial charge in [-0.2, -0.15) is 0 Å². The zero-order valence-electron chi connectivity index (χ0n) is 12.8. The number of nitrogens with one attached hydrogen (secondary N) is 1. The standard InChI is InChI=1S/C15H14F2N4O4/c16-7-1-2-8(10(17)3-7)12-6-19-20-21(12)11-5-18-14(15(24)25)9(11)4-13(22)23/h1-3,6,9,11,14,18H,4-5H2,(H,22,23)(H,24,25)/t9-,11-,14-/m0/s1. The lowest BCUT2D eigenvalue weighted by atomic mass is 9.92. The van der Waals surface area contributed by atoms with E-state index in [4.69, 9.17) is 5.11 Å². The fourth-order valence-electron chi connectivity index (χ4n) is 3.15. The van der Waals surface area contributed by atoms with Crippen molar-refractivity contribution >= 4 is 11.9 Å². The lowest BCUT2D eigenvalue weighted by molar-refractivity contribution is -0.142. The molecular weight excluding hydrogens is 338 g/mol. The van der Waals surface area contributed by atoms with Gasteiger partial charge in [0.05, 0.1) is 24.4 Å². The lowest BCUT2D eigenvalue weighted by Gasteiger charge is -2.21. The molecule has 1 saturated heterocycles. The number of halogens is 2. The Labute approximate surface area is 140 Å². The molecule has 0 spiro atoms. The maximum atomic E-state index is 14.1. The number of hydrogen-bond donors (Lipinski definition) is 3. The Hall–Kier alpha value is -2.88. The predicted octanol–water partition coefficient (Wildman–Crippen LogP) is 0.912. The smallest absolute Gasteiger partial charge is 0.321 e. The van der Waals surface area contributed by atoms with Gasteiger partial charge < -0.3 is 15.5 Å². The Balaban J connectivity index is 2.00. The third-order valence-electron chi connectivity index (χ3n) is 4.24. The molecule has 0 amide bonds. The summed E-state index contributed by atoms with van der Waals surface area (Å²) >= 11 is 0. The van der Waals surface area contributed by atoms with Crippen molar-refractivity contribution in [2.75, 3.05) is 6.54 Å². The number of rotatable bonds is 5. The number of benzene rings is 1. The average molecular weight is 352 g/mol. The van der Waals surface area contributed by atoms with Crippen LogP contribution in [-0.2, 0) is 9.59 Å². The van der Waals surface area contributed by atoms with Crippen LogP contribution in [0.2, 0.25) is 0 Å². The van der Waals surface area contributed by atoms with Crippen LogP contribution in [0, 0.1) is 17.6 Å². The van der Waals surface area contributed by atoms with Gasteiger partial charge in [0.25, 0.3) is 0 Å². The van der Waals surface area contributed by atoms with Crippen molar-refractivity contribution in [2.24, 2.45) is 5.92 Å². The molecule has 3 atom stereocenters. The van der Waals surface area contributed by atoms with Crippen molar-refractivity contribution in [3.05, 3.63) is 36.0 Å². The molecule has 132 valence electrons. The van der Waals surface area contributed by atoms with Crippen molar-refractivity contribution in [2.45, 2.75) is 18.5 Å². The predicted molar refractivity (Wildman–Crippen MR) is 79.6 cm³/mol. The normalized spacial score (nSPS) is 22.9. The largest absolute Gasteiger partial charge is 0.481 e. The summed E-state index contributed by atoms with van der Waals surface area (Å²) < 4.78 is 28.5. The number of aromatic nitrogens is 3. The van der Waals surface area contributed by atoms with Gasteiger partial charge in [0, 0.05) is 24.1 Å². The van der Waals surface area contributed by atoms with E-state index in [1.165, 1.54) is 16.9 Å². The number of nitrogens with zero attached hydrogens (tertiary/aromatic N) is 3. The van der Waals surface area contributed by atoms with E-state index in [1.807, 2.05) is 0 Å². The SMILES string of the molecule is O=C(O)C[C@@H]1[C@@H](C(=O)O)NC[C@@H]1n1nncc1-c1ccc(F)cc1F. The van der Waals surface area contributed by atoms with Crippen LogP contribution in [0.5, 0.6) is 0 Å². The van der Waals surface area contributed by atoms with Crippen molar-refractivity contribution in [1.82, 2.24) is 20.3 Å². The summed E-state index contributed by atoms with van der Waals surface area (Å²) in [6.07, 6.45) is 0.863. The van der Waals surface area contributed by atoms with E-state index < -0.39 is 48.0 Å². The topological polar surface area (TPSA) is 117 Å². The molecule has 1 aliphatic heterocycles. The molecule has 0 aliphatic carbocycles. The van der Waals surface area contributed by atoms with E-state index in [9.17, 15) is 23.5 Å². The first kappa shape index (κ1) is 17.0. The maximum Gasteiger partial charge on any atom is 0.321 e. The maximum absolute atomic E-state index is 14.1. The van der Waals surface area contributed by atoms with E-state index >= 15 is 0 Å². The molecule has 2 heterocycles. The third-order valence-corrected chi connectivity index (χ3v) is 4.24. The van der Waals surface area contributed by atoms with Crippen molar-refractivity contribution in [3.63, 3.8) is 0 Å². The van der Waals surface area contributed by atoms with Gasteiger partial charge in [0.2, 0.25) is 0 Å². The van der Waals surface area contributed by atoms with E-state index in [0.29, 0.717) is 6.07 Å². The molecule has 0 radical (unpaired) electrons. The summed E-state index contributed by atoms with van der Waals surface area (Å²) in [5.74, 6) is -4.70. The van der Waals surface area contributed by atoms with Crippen LogP contribution in [0.4, 0.5) is 8.78 Å². The molecule has 1 aromatic heterocycles. The van der Waals surface area contributed by atoms with Crippen LogP contribution in [0.25, 0.3) is 11.3 Å². The van der Waals surface area contributed by atoms with Gasteiger partial charge in [-0.1, -0.05) is 5.21 Å². The zero-order chi connectivity index (χ0) is 18.1. The second-order valence-corrected chi connectivity index (χ2v) is 5.74. The second kappa shape index (κ2) is 6.55. The van der Waals surface area contributed by atoms with Crippen LogP contribution in [-0.4, -0.2) is 49.7 Å². The molecule has 1 aromatic carbocycles. The summed E-state index contributed by atoms with van der Waals surface area (Å²) in [7, 11) is 0. The average Bonchev–Trinajstić information content (AvgIpc) is 3.13. The number of carboxylic acids is 2. The monoisotopic (exact) mass is 352 g/mol. The molecule has 10 heteroatoms. The molecule has 8 nitrogen and oxygen atoms in total. The number of hydrogen-bond acceptors (Lipinski definition) is 5. The number of aliphatic carboxylic acids is 2. The van der Waals surface area contributed by atoms with Crippen LogP contribution in [0.1, 0.15) is 12.5 Å². The third kappa shape index (κ3) is 3.20. The van der Waals surface area contributed by atoms with Crippen molar-refractivity contribution in [1.29, 1.82) is 0 Å². The first-order valence-corrected chi connectivity index (χ1v) is 7.42. The highest BCUT2D eigenvalue weighted by Crippen LogP contribution is 2.34. The highest BCUT2D eigenvalue weighted by Gasteiger charge is 2.43. The van der Waals surface area contributed by atoms with Gasteiger partial charge in [0.1, 0.15) is 17.7 Å². The molecule has 0 saturated carbocycles. The first-order chi connectivity index (χ1) is 11.9. The molecule has 2 aromatic rings. The fourth-order valence-corrected chi connectivity index (χ4v) is 3.15. The Kier molecular flexibility index (Phi) is 4.45. The van der Waals surface area contributed by atoms with Gasteiger partial charge in [-0.25, -0.2) is 13.5 Å². The van der Waals surface area contributed by atoms with Gasteiger partial charge in [0.15, 0.2) is 0 Å². The summed E-state index contributed by atoms with van der Waals surface area (Å²) in [4.78, 5) is 22.5. The molecular formula is C15H14F2N4O4. The molecule has 1 fully saturated rings. The van der Waals surface area contributed by atoms with Crippen molar-refractivity contribution < 1.29 is 28.6 Å². The number of carboxylic acid groups (broad SMARTS) is 2. The minimum atomic E-state index is -1.18. The van der Waals surface area contributed by atoms with Crippen molar-refractivity contribution in [3.8, 4) is 11.3 Å². The highest BCUT2D eigenvalue weighted by molar-refractivity contribution is 5.76. The van der Waals surface area contributed by atoms with E-state index in [-0.39, 0.29) is 17.8 Å². The number of carbonyl (C=O) groups is 2. The molecule has 0 bridgehead atoms. The quantitative estimate of drug-likeness (QED) is 0.732. The molecule has 25 heavy (non-hydrogen) atoms. The minimum absolute atomic E-state index is 0.0410. The zero-order valence-corrected chi connectivity index (χ0v) is 12.8. The van der Waals surface area contributed by atoms with E-state index in [1.54, 1.807) is 0 Å². The lowest BCUT2D eigenvalue weighted by Crippen LogP contribution is -2.37. The molecule has 1 aliphatic rings. The van der Waals surface area contributed by atoms with Gasteiger partial charge >= 0.3 is 11.9 Å². The highest BCUT2D eigenvalue weighted by atomic mass is 19.1. The van der Waals surface area contributed by atoms with Crippen LogP contribution < -0.4 is 5.32 Å². The summed E-state index contributed by atoms with van der Waals surface area (Å²) in [5, 5.41) is 28.7. The Morgan fingerprint density at radius 3 is 2.72 bits per heavy atom. The fraction of sp³-hybridized carbons (Fsp3) is 0.333. The molecule has 3 N–H and O–H groups in total. The summed E-state index contributed by atoms with van der Waals surface area (Å²) in [5.41, 5.74) is 0.255. The minimum Gasteiger partial charge on any atom is -0.481 e. The molecule has 3 rings (SSSR count). The summed E-state index contributed by atoms with van der Waals surface area (Å²) in [6, 6.07) is 1.30. The Morgan fingerprint density at radius 2 is 2.08 bits per heavy atom. The van der Waals surface area contributed by atoms with Crippen LogP contribution in [0.15, 0.2) is 24.4 Å². The second-order valence-electron chi connectivity index (χ2n) is 5.74. The Morgan fingerprint density at radius 1 is 1.32 bits per heavy atom. The van der Waals surface area contributed by atoms with E-state index in [2.05, 4.69) is 15.6 Å². The first-order valence-electron chi connectivity index (χ1n) is 7.42. The Bertz CT molecular complexity index is 826. The van der Waals surface area contributed by atoms with Gasteiger partial charge in [-0.05, 0) is 12.1 Å². The van der Waals surface area contributed by atoms with Crippen LogP contribution in [0.3, 0.4) is 0 Å². The van der Waals surface area contributed by atoms with Crippen LogP contribution >= 0.6 is 0 Å². The van der Waals surface area contributed by atoms with Gasteiger partial charge in [-0.15, -0.1) is 5.10 Å². The van der Waals surface area contributed by atoms with Gasteiger partial charge in [-0.3, -0.25) is 9.59 Å². The summed E-state index contributed by atoms with van der Waals surface area (Å²) in [6.45, 7) is 0.133. The molecule has 0 unspecified atom stereocenters. The van der Waals surface area contributed by atoms with E-state index in [0.717, 1.165) is 6.07 Å².